The van der Waals surface area contributed by atoms with Gasteiger partial charge in [-0.15, -0.1) is 0 Å². The van der Waals surface area contributed by atoms with Crippen molar-refractivity contribution in [3.63, 3.8) is 0 Å². The van der Waals surface area contributed by atoms with Gasteiger partial charge in [-0.3, -0.25) is 0 Å². The average molecular weight is 254 g/mol. The van der Waals surface area contributed by atoms with Crippen LogP contribution in [-0.4, -0.2) is 21.5 Å². The number of hydrogen-bond acceptors (Lipinski definition) is 2. The molecule has 2 aromatic heterocycles. The fraction of sp³-hybridized carbons (Fsp3) is 0.267. The lowest BCUT2D eigenvalue weighted by molar-refractivity contribution is 0.895. The summed E-state index contributed by atoms with van der Waals surface area (Å²) in [6, 6.07) is 6.45. The highest BCUT2D eigenvalue weighted by atomic mass is 14.9. The molecule has 0 radical (unpaired) electrons. The molecule has 0 unspecified atom stereocenters. The Morgan fingerprint density at radius 3 is 2.84 bits per heavy atom. The lowest BCUT2D eigenvalue weighted by Crippen LogP contribution is -2.03. The third-order valence-electron chi connectivity index (χ3n) is 3.42. The first kappa shape index (κ1) is 12.0. The first-order valence-electron chi connectivity index (χ1n) is 6.52. The lowest BCUT2D eigenvalue weighted by Gasteiger charge is -1.99. The maximum Gasteiger partial charge on any atom is 0.107 e. The van der Waals surface area contributed by atoms with Gasteiger partial charge in [-0.05, 0) is 32.5 Å². The molecule has 3 aromatic rings. The molecule has 4 nitrogen and oxygen atoms in total. The van der Waals surface area contributed by atoms with E-state index >= 15 is 0 Å². The van der Waals surface area contributed by atoms with E-state index in [1.54, 1.807) is 0 Å². The van der Waals surface area contributed by atoms with Gasteiger partial charge in [-0.25, -0.2) is 4.98 Å². The lowest BCUT2D eigenvalue weighted by atomic mass is 10.1. The van der Waals surface area contributed by atoms with Crippen LogP contribution in [0.2, 0.25) is 0 Å². The largest absolute Gasteiger partial charge is 0.358 e. The van der Waals surface area contributed by atoms with Gasteiger partial charge in [0.2, 0.25) is 0 Å². The number of nitrogens with two attached hydrogens (primary N) is 1. The van der Waals surface area contributed by atoms with Crippen LogP contribution in [0.1, 0.15) is 17.1 Å². The monoisotopic (exact) mass is 254 g/mol. The Balaban J connectivity index is 2.17. The number of nitrogens with zero attached hydrogens (tertiary/aromatic N) is 1. The molecule has 0 atom stereocenters. The minimum absolute atomic E-state index is 0.610. The number of nitrogens with one attached hydrogen (secondary N) is 2. The average Bonchev–Trinajstić information content (AvgIpc) is 2.93. The van der Waals surface area contributed by atoms with Crippen LogP contribution in [-0.2, 0) is 6.42 Å². The van der Waals surface area contributed by atoms with Crippen LogP contribution in [0.15, 0.2) is 24.4 Å². The van der Waals surface area contributed by atoms with Crippen molar-refractivity contribution in [2.24, 2.45) is 5.73 Å². The van der Waals surface area contributed by atoms with E-state index in [0.29, 0.717) is 6.54 Å². The first-order valence-corrected chi connectivity index (χ1v) is 6.52. The number of H-pyrrole nitrogens is 2. The third kappa shape index (κ3) is 2.04. The smallest absolute Gasteiger partial charge is 0.107 e. The molecule has 0 fully saturated rings. The quantitative estimate of drug-likeness (QED) is 0.672. The Bertz CT molecular complexity index is 721. The van der Waals surface area contributed by atoms with Crippen molar-refractivity contribution in [2.45, 2.75) is 20.3 Å². The Morgan fingerprint density at radius 1 is 1.21 bits per heavy atom. The number of hydrogen-bond donors (Lipinski definition) is 3. The van der Waals surface area contributed by atoms with Crippen LogP contribution >= 0.6 is 0 Å². The molecule has 2 heterocycles. The summed E-state index contributed by atoms with van der Waals surface area (Å²) < 4.78 is 0. The standard InChI is InChI=1S/C15H18N4/c1-9-3-4-12-11(7-9)15(10(2)18-12)13-8-17-14(19-13)5-6-16/h3-4,7-8,18H,5-6,16H2,1-2H3,(H,17,19). The van der Waals surface area contributed by atoms with E-state index in [1.165, 1.54) is 16.5 Å². The number of aromatic amines is 2. The van der Waals surface area contributed by atoms with E-state index in [0.717, 1.165) is 29.1 Å². The first-order chi connectivity index (χ1) is 9.19. The number of benzene rings is 1. The molecule has 0 aliphatic rings. The Kier molecular flexibility index (Phi) is 2.87. The fourth-order valence-electron chi connectivity index (χ4n) is 2.54. The summed E-state index contributed by atoms with van der Waals surface area (Å²) >= 11 is 0. The van der Waals surface area contributed by atoms with Crippen molar-refractivity contribution in [2.75, 3.05) is 6.54 Å². The van der Waals surface area contributed by atoms with Crippen LogP contribution in [0.5, 0.6) is 0 Å². The Hall–Kier alpha value is -2.07. The van der Waals surface area contributed by atoms with Crippen molar-refractivity contribution >= 4 is 10.9 Å². The molecule has 3 rings (SSSR count). The van der Waals surface area contributed by atoms with Gasteiger partial charge in [0.25, 0.3) is 0 Å². The van der Waals surface area contributed by atoms with Crippen LogP contribution in [0, 0.1) is 13.8 Å². The highest BCUT2D eigenvalue weighted by Gasteiger charge is 2.12. The maximum absolute atomic E-state index is 5.56. The molecule has 0 bridgehead atoms. The summed E-state index contributed by atoms with van der Waals surface area (Å²) in [7, 11) is 0. The van der Waals surface area contributed by atoms with Gasteiger partial charge in [-0.1, -0.05) is 11.6 Å². The molecule has 0 amide bonds. The van der Waals surface area contributed by atoms with Gasteiger partial charge in [0.1, 0.15) is 5.82 Å². The van der Waals surface area contributed by atoms with Gasteiger partial charge >= 0.3 is 0 Å². The second-order valence-corrected chi connectivity index (χ2v) is 4.96. The number of aromatic nitrogens is 3. The molecule has 0 aliphatic heterocycles. The topological polar surface area (TPSA) is 70.5 Å². The van der Waals surface area contributed by atoms with Gasteiger partial charge in [0.15, 0.2) is 0 Å². The summed E-state index contributed by atoms with van der Waals surface area (Å²) in [6.07, 6.45) is 2.67. The van der Waals surface area contributed by atoms with Crippen LogP contribution in [0.25, 0.3) is 22.2 Å². The minimum atomic E-state index is 0.610. The van der Waals surface area contributed by atoms with E-state index in [4.69, 9.17) is 5.73 Å². The molecule has 0 spiro atoms. The molecule has 98 valence electrons. The predicted octanol–water partition coefficient (Wildman–Crippen LogP) is 2.68. The molecule has 4 heteroatoms. The molecule has 4 N–H and O–H groups in total. The zero-order valence-electron chi connectivity index (χ0n) is 11.2. The molecule has 1 aromatic carbocycles. The minimum Gasteiger partial charge on any atom is -0.358 e. The summed E-state index contributed by atoms with van der Waals surface area (Å²) in [5.74, 6) is 0.943. The normalized spacial score (nSPS) is 11.3. The number of aryl methyl sites for hydroxylation is 2. The van der Waals surface area contributed by atoms with Crippen LogP contribution in [0.3, 0.4) is 0 Å². The van der Waals surface area contributed by atoms with E-state index in [2.05, 4.69) is 47.0 Å². The summed E-state index contributed by atoms with van der Waals surface area (Å²) in [4.78, 5) is 11.2. The molecular weight excluding hydrogens is 236 g/mol. The van der Waals surface area contributed by atoms with Crippen LogP contribution < -0.4 is 5.73 Å². The Morgan fingerprint density at radius 2 is 2.05 bits per heavy atom. The van der Waals surface area contributed by atoms with Gasteiger partial charge < -0.3 is 15.7 Å². The number of imidazole rings is 1. The highest BCUT2D eigenvalue weighted by Crippen LogP contribution is 2.31. The van der Waals surface area contributed by atoms with E-state index in [9.17, 15) is 0 Å². The summed E-state index contributed by atoms with van der Waals surface area (Å²) in [5.41, 5.74) is 11.4. The Labute approximate surface area is 112 Å². The maximum atomic E-state index is 5.56. The van der Waals surface area contributed by atoms with Gasteiger partial charge in [-0.2, -0.15) is 0 Å². The van der Waals surface area contributed by atoms with Crippen molar-refractivity contribution in [3.05, 3.63) is 41.5 Å². The zero-order valence-corrected chi connectivity index (χ0v) is 11.2. The molecule has 0 saturated heterocycles. The second kappa shape index (κ2) is 4.55. The van der Waals surface area contributed by atoms with E-state index in [1.807, 2.05) is 6.20 Å². The zero-order chi connectivity index (χ0) is 13.4. The van der Waals surface area contributed by atoms with Gasteiger partial charge in [0.05, 0.1) is 11.9 Å². The summed E-state index contributed by atoms with van der Waals surface area (Å²) in [6.45, 7) is 4.81. The van der Waals surface area contributed by atoms with Crippen molar-refractivity contribution in [1.82, 2.24) is 15.0 Å². The summed E-state index contributed by atoms with van der Waals surface area (Å²) in [5, 5.41) is 1.24. The molecule has 0 aliphatic carbocycles. The number of rotatable bonds is 3. The molecule has 0 saturated carbocycles. The highest BCUT2D eigenvalue weighted by molar-refractivity contribution is 5.96. The van der Waals surface area contributed by atoms with Gasteiger partial charge in [0, 0.05) is 28.6 Å². The second-order valence-electron chi connectivity index (χ2n) is 4.96. The van der Waals surface area contributed by atoms with Crippen LogP contribution in [0.4, 0.5) is 0 Å². The SMILES string of the molecule is Cc1ccc2[nH]c(C)c(-c3cnc(CCN)[nH]3)c2c1. The molecule has 19 heavy (non-hydrogen) atoms. The third-order valence-corrected chi connectivity index (χ3v) is 3.42. The predicted molar refractivity (Wildman–Crippen MR) is 78.1 cm³/mol. The van der Waals surface area contributed by atoms with Crippen molar-refractivity contribution in [1.29, 1.82) is 0 Å². The van der Waals surface area contributed by atoms with E-state index < -0.39 is 0 Å². The van der Waals surface area contributed by atoms with E-state index in [-0.39, 0.29) is 0 Å². The van der Waals surface area contributed by atoms with Crippen molar-refractivity contribution in [3.8, 4) is 11.3 Å². The number of fused-ring (bicyclic) bond motifs is 1. The van der Waals surface area contributed by atoms with Crippen molar-refractivity contribution < 1.29 is 0 Å². The fourth-order valence-corrected chi connectivity index (χ4v) is 2.54. The molecular formula is C15H18N4.